The quantitative estimate of drug-likeness (QED) is 0.123. The van der Waals surface area contributed by atoms with Gasteiger partial charge in [-0.3, -0.25) is 5.41 Å². The predicted octanol–water partition coefficient (Wildman–Crippen LogP) is 14.0. The molecule has 1 aliphatic carbocycles. The monoisotopic (exact) mass is 784 g/mol. The highest BCUT2D eigenvalue weighted by Crippen LogP contribution is 2.39. The Hall–Kier alpha value is -7.35. The number of halogens is 2. The normalized spacial score (nSPS) is 13.6. The number of hydrogen-bond acceptors (Lipinski definition) is 4. The SMILES string of the molecule is N=C1C(c2ccc(-n3c4ccccc4c4ccc5ccccc5c43)cc2)=CC=C(N(c2ccc(-c3ccc(F)cc3)cc2)c2ccc(-c3ccc(F)cc3)cc2)/C1=N/S. The van der Waals surface area contributed by atoms with Crippen LogP contribution in [0.4, 0.5) is 20.2 Å². The zero-order valence-electron chi connectivity index (χ0n) is 31.5. The second-order valence-electron chi connectivity index (χ2n) is 14.5. The number of fused-ring (bicyclic) bond motifs is 5. The van der Waals surface area contributed by atoms with Crippen LogP contribution in [0.3, 0.4) is 0 Å². The molecular weight excluding hydrogens is 751 g/mol. The summed E-state index contributed by atoms with van der Waals surface area (Å²) in [6, 6.07) is 58.6. The van der Waals surface area contributed by atoms with Gasteiger partial charge in [0, 0.05) is 38.8 Å². The second kappa shape index (κ2) is 14.9. The van der Waals surface area contributed by atoms with Gasteiger partial charge in [-0.2, -0.15) is 0 Å². The van der Waals surface area contributed by atoms with Crippen LogP contribution in [0.5, 0.6) is 0 Å². The van der Waals surface area contributed by atoms with Crippen LogP contribution >= 0.6 is 12.8 Å². The van der Waals surface area contributed by atoms with Crippen LogP contribution in [-0.4, -0.2) is 16.0 Å². The summed E-state index contributed by atoms with van der Waals surface area (Å²) in [4.78, 5) is 2.05. The summed E-state index contributed by atoms with van der Waals surface area (Å²) in [5, 5.41) is 14.3. The highest BCUT2D eigenvalue weighted by Gasteiger charge is 2.28. The van der Waals surface area contributed by atoms with Crippen molar-refractivity contribution in [1.29, 1.82) is 5.41 Å². The van der Waals surface area contributed by atoms with Crippen LogP contribution in [-0.2, 0) is 0 Å². The van der Waals surface area contributed by atoms with Crippen molar-refractivity contribution in [3.05, 3.63) is 217 Å². The summed E-state index contributed by atoms with van der Waals surface area (Å²) in [5.41, 5.74) is 11.6. The Bertz CT molecular complexity index is 3070. The predicted molar refractivity (Wildman–Crippen MR) is 244 cm³/mol. The lowest BCUT2D eigenvalue weighted by Crippen LogP contribution is -2.30. The van der Waals surface area contributed by atoms with Gasteiger partial charge < -0.3 is 9.47 Å². The third-order valence-electron chi connectivity index (χ3n) is 11.1. The highest BCUT2D eigenvalue weighted by atomic mass is 32.1. The molecule has 0 aliphatic heterocycles. The molecule has 0 saturated heterocycles. The fourth-order valence-electron chi connectivity index (χ4n) is 8.21. The lowest BCUT2D eigenvalue weighted by Gasteiger charge is -2.31. The van der Waals surface area contributed by atoms with E-state index in [2.05, 4.69) is 112 Å². The molecule has 1 aromatic heterocycles. The molecular formula is C52H34F2N4S. The molecule has 0 fully saturated rings. The largest absolute Gasteiger partial charge is 0.309 e. The van der Waals surface area contributed by atoms with E-state index in [0.717, 1.165) is 61.5 Å². The van der Waals surface area contributed by atoms with Crippen molar-refractivity contribution in [3.8, 4) is 27.9 Å². The first-order valence-electron chi connectivity index (χ1n) is 19.2. The minimum atomic E-state index is -0.286. The summed E-state index contributed by atoms with van der Waals surface area (Å²) in [5.74, 6) is -0.572. The number of nitrogens with one attached hydrogen (secondary N) is 1. The summed E-state index contributed by atoms with van der Waals surface area (Å²) in [7, 11) is 0. The Labute approximate surface area is 345 Å². The highest BCUT2D eigenvalue weighted by molar-refractivity contribution is 7.79. The Morgan fingerprint density at radius 2 is 1.00 bits per heavy atom. The van der Waals surface area contributed by atoms with E-state index in [9.17, 15) is 14.2 Å². The Kier molecular flexibility index (Phi) is 9.08. The van der Waals surface area contributed by atoms with Gasteiger partial charge in [-0.15, -0.1) is 0 Å². The third-order valence-corrected chi connectivity index (χ3v) is 11.3. The van der Waals surface area contributed by atoms with Gasteiger partial charge in [0.05, 0.1) is 22.4 Å². The number of benzene rings is 8. The number of para-hydroxylation sites is 1. The van der Waals surface area contributed by atoms with Crippen LogP contribution in [0.2, 0.25) is 0 Å². The first-order chi connectivity index (χ1) is 28.9. The maximum absolute atomic E-state index is 13.7. The van der Waals surface area contributed by atoms with E-state index in [4.69, 9.17) is 0 Å². The van der Waals surface area contributed by atoms with Crippen LogP contribution in [0.25, 0.3) is 66.1 Å². The zero-order chi connectivity index (χ0) is 40.0. The molecule has 59 heavy (non-hydrogen) atoms. The van der Waals surface area contributed by atoms with Gasteiger partial charge in [-0.25, -0.2) is 13.2 Å². The smallest absolute Gasteiger partial charge is 0.123 e. The Morgan fingerprint density at radius 3 is 1.58 bits per heavy atom. The molecule has 0 unspecified atom stereocenters. The van der Waals surface area contributed by atoms with Crippen LogP contribution in [0.15, 0.2) is 204 Å². The molecule has 10 rings (SSSR count). The summed E-state index contributed by atoms with van der Waals surface area (Å²) < 4.78 is 34.2. The van der Waals surface area contributed by atoms with Gasteiger partial charge in [-0.05, 0) is 125 Å². The van der Waals surface area contributed by atoms with Crippen molar-refractivity contribution in [2.45, 2.75) is 0 Å². The van der Waals surface area contributed by atoms with Crippen LogP contribution in [0, 0.1) is 17.0 Å². The fourth-order valence-corrected chi connectivity index (χ4v) is 8.41. The van der Waals surface area contributed by atoms with Crippen molar-refractivity contribution in [1.82, 2.24) is 4.57 Å². The Morgan fingerprint density at radius 1 is 0.492 bits per heavy atom. The number of thiol groups is 1. The molecule has 1 N–H and O–H groups in total. The van der Waals surface area contributed by atoms with E-state index in [1.165, 1.54) is 45.8 Å². The van der Waals surface area contributed by atoms with Gasteiger partial charge in [0.2, 0.25) is 0 Å². The molecule has 1 heterocycles. The minimum absolute atomic E-state index is 0.240. The molecule has 0 spiro atoms. The molecule has 0 saturated carbocycles. The summed E-state index contributed by atoms with van der Waals surface area (Å²) in [6.07, 6.45) is 3.95. The first-order valence-corrected chi connectivity index (χ1v) is 19.6. The zero-order valence-corrected chi connectivity index (χ0v) is 32.4. The van der Waals surface area contributed by atoms with Gasteiger partial charge in [0.15, 0.2) is 0 Å². The Balaban J connectivity index is 1.05. The maximum atomic E-state index is 13.7. The van der Waals surface area contributed by atoms with E-state index < -0.39 is 0 Å². The molecule has 282 valence electrons. The van der Waals surface area contributed by atoms with Crippen molar-refractivity contribution in [3.63, 3.8) is 0 Å². The van der Waals surface area contributed by atoms with Gasteiger partial charge in [-0.1, -0.05) is 115 Å². The van der Waals surface area contributed by atoms with E-state index >= 15 is 0 Å². The van der Waals surface area contributed by atoms with Gasteiger partial charge >= 0.3 is 0 Å². The van der Waals surface area contributed by atoms with Crippen LogP contribution < -0.4 is 4.90 Å². The number of hydrogen-bond donors (Lipinski definition) is 2. The fraction of sp³-hybridized carbons (Fsp3) is 0. The minimum Gasteiger partial charge on any atom is -0.309 e. The van der Waals surface area contributed by atoms with Crippen LogP contribution in [0.1, 0.15) is 5.56 Å². The number of nitrogens with zero attached hydrogens (tertiary/aromatic N) is 3. The topological polar surface area (TPSA) is 44.4 Å². The van der Waals surface area contributed by atoms with E-state index in [-0.39, 0.29) is 17.3 Å². The number of allylic oxidation sites excluding steroid dienone is 4. The molecule has 4 nitrogen and oxygen atoms in total. The molecule has 8 aromatic carbocycles. The van der Waals surface area contributed by atoms with E-state index in [1.807, 2.05) is 60.7 Å². The number of aromatic nitrogens is 1. The van der Waals surface area contributed by atoms with Crippen molar-refractivity contribution in [2.24, 2.45) is 4.40 Å². The molecule has 1 aliphatic rings. The summed E-state index contributed by atoms with van der Waals surface area (Å²) >= 11 is 4.44. The van der Waals surface area contributed by atoms with Crippen molar-refractivity contribution in [2.75, 3.05) is 4.90 Å². The first kappa shape index (κ1) is 36.0. The van der Waals surface area contributed by atoms with Crippen molar-refractivity contribution >= 4 is 73.8 Å². The second-order valence-corrected chi connectivity index (χ2v) is 14.7. The molecule has 9 aromatic rings. The molecule has 7 heteroatoms. The number of rotatable bonds is 7. The van der Waals surface area contributed by atoms with E-state index in [1.54, 1.807) is 24.3 Å². The van der Waals surface area contributed by atoms with Gasteiger partial charge in [0.1, 0.15) is 17.3 Å². The van der Waals surface area contributed by atoms with E-state index in [0.29, 0.717) is 11.4 Å². The lowest BCUT2D eigenvalue weighted by atomic mass is 9.91. The van der Waals surface area contributed by atoms with Gasteiger partial charge in [0.25, 0.3) is 0 Å². The maximum Gasteiger partial charge on any atom is 0.123 e. The summed E-state index contributed by atoms with van der Waals surface area (Å²) in [6.45, 7) is 0. The molecule has 0 atom stereocenters. The number of anilines is 2. The third kappa shape index (κ3) is 6.42. The molecule has 0 amide bonds. The standard InChI is InChI=1S/C52H34F2N4S/c53-39-20-9-33(10-21-39)35-13-24-41(25-14-35)57(42-26-15-36(16-27-42)34-11-22-40(54)23-12-34)49-32-31-44(50(55)51(49)56-59)38-17-28-43(29-18-38)58-48-8-4-3-7-46(48)47-30-19-37-5-1-2-6-45(37)52(47)58/h1-32,55,59H/b55-50?,56-51-. The average molecular weight is 785 g/mol. The molecule has 0 radical (unpaired) electrons. The van der Waals surface area contributed by atoms with Crippen molar-refractivity contribution < 1.29 is 8.78 Å². The lowest BCUT2D eigenvalue weighted by molar-refractivity contribution is 0.627. The molecule has 0 bridgehead atoms. The average Bonchev–Trinajstić information content (AvgIpc) is 3.63.